The minimum atomic E-state index is -0.0107. The minimum Gasteiger partial charge on any atom is -0.457 e. The second kappa shape index (κ2) is 5.19. The third kappa shape index (κ3) is 2.68. The molecule has 1 aromatic heterocycles. The van der Waals surface area contributed by atoms with E-state index in [-0.39, 0.29) is 5.78 Å². The fourth-order valence-electron chi connectivity index (χ4n) is 1.89. The highest BCUT2D eigenvalue weighted by atomic mass is 16.3. The van der Waals surface area contributed by atoms with Gasteiger partial charge in [0.2, 0.25) is 5.78 Å². The standard InChI is InChI=1S/C15H17NO2/c1-10-3-4-11(2)12(7-10)8-14(17)15-6-5-13(9-16)18-15/h3-7H,8-9,16H2,1-2H3. The zero-order valence-electron chi connectivity index (χ0n) is 10.7. The number of rotatable bonds is 4. The molecule has 3 heteroatoms. The number of carbonyl (C=O) groups excluding carboxylic acids is 1. The van der Waals surface area contributed by atoms with E-state index in [2.05, 4.69) is 0 Å². The van der Waals surface area contributed by atoms with Gasteiger partial charge < -0.3 is 10.2 Å². The summed E-state index contributed by atoms with van der Waals surface area (Å²) in [5.74, 6) is 1.01. The summed E-state index contributed by atoms with van der Waals surface area (Å²) in [6.45, 7) is 4.35. The highest BCUT2D eigenvalue weighted by Crippen LogP contribution is 2.15. The van der Waals surface area contributed by atoms with Gasteiger partial charge in [-0.25, -0.2) is 0 Å². The van der Waals surface area contributed by atoms with Crippen LogP contribution in [0.2, 0.25) is 0 Å². The van der Waals surface area contributed by atoms with Crippen molar-refractivity contribution in [3.8, 4) is 0 Å². The van der Waals surface area contributed by atoms with Crippen LogP contribution in [0.3, 0.4) is 0 Å². The predicted octanol–water partition coefficient (Wildman–Crippen LogP) is 2.78. The van der Waals surface area contributed by atoms with Crippen LogP contribution in [-0.4, -0.2) is 5.78 Å². The van der Waals surface area contributed by atoms with E-state index in [4.69, 9.17) is 10.2 Å². The summed E-state index contributed by atoms with van der Waals surface area (Å²) in [4.78, 5) is 12.1. The van der Waals surface area contributed by atoms with Crippen molar-refractivity contribution in [2.45, 2.75) is 26.8 Å². The fourth-order valence-corrected chi connectivity index (χ4v) is 1.89. The van der Waals surface area contributed by atoms with Gasteiger partial charge >= 0.3 is 0 Å². The van der Waals surface area contributed by atoms with Gasteiger partial charge in [0.15, 0.2) is 5.76 Å². The predicted molar refractivity (Wildman–Crippen MR) is 70.5 cm³/mol. The molecule has 2 N–H and O–H groups in total. The van der Waals surface area contributed by atoms with Gasteiger partial charge in [0, 0.05) is 6.42 Å². The lowest BCUT2D eigenvalue weighted by Crippen LogP contribution is -2.04. The summed E-state index contributed by atoms with van der Waals surface area (Å²) >= 11 is 0. The average molecular weight is 243 g/mol. The first-order valence-corrected chi connectivity index (χ1v) is 5.98. The van der Waals surface area contributed by atoms with Crippen LogP contribution < -0.4 is 5.73 Å². The van der Waals surface area contributed by atoms with Crippen LogP contribution in [0.1, 0.15) is 33.0 Å². The van der Waals surface area contributed by atoms with Crippen LogP contribution >= 0.6 is 0 Å². The second-order valence-electron chi connectivity index (χ2n) is 4.50. The van der Waals surface area contributed by atoms with E-state index in [1.165, 1.54) is 0 Å². The maximum absolute atomic E-state index is 12.1. The average Bonchev–Trinajstić information content (AvgIpc) is 2.82. The Bertz CT molecular complexity index is 570. The first-order valence-electron chi connectivity index (χ1n) is 5.98. The van der Waals surface area contributed by atoms with Crippen molar-refractivity contribution in [2.75, 3.05) is 0 Å². The molecule has 0 bridgehead atoms. The summed E-state index contributed by atoms with van der Waals surface area (Å²) in [5.41, 5.74) is 8.78. The normalized spacial score (nSPS) is 10.6. The van der Waals surface area contributed by atoms with E-state index in [1.807, 2.05) is 32.0 Å². The number of aryl methyl sites for hydroxylation is 2. The molecule has 0 amide bonds. The molecule has 1 heterocycles. The van der Waals surface area contributed by atoms with E-state index in [1.54, 1.807) is 12.1 Å². The Morgan fingerprint density at radius 1 is 1.22 bits per heavy atom. The smallest absolute Gasteiger partial charge is 0.202 e. The van der Waals surface area contributed by atoms with Crippen molar-refractivity contribution in [3.05, 3.63) is 58.5 Å². The number of hydrogen-bond donors (Lipinski definition) is 1. The first kappa shape index (κ1) is 12.6. The van der Waals surface area contributed by atoms with Gasteiger partial charge in [-0.3, -0.25) is 4.79 Å². The molecular formula is C15H17NO2. The van der Waals surface area contributed by atoms with Crippen molar-refractivity contribution < 1.29 is 9.21 Å². The number of ketones is 1. The van der Waals surface area contributed by atoms with Crippen LogP contribution in [0.25, 0.3) is 0 Å². The number of furan rings is 1. The Labute approximate surface area is 107 Å². The zero-order valence-corrected chi connectivity index (χ0v) is 10.7. The molecule has 94 valence electrons. The van der Waals surface area contributed by atoms with Crippen molar-refractivity contribution in [2.24, 2.45) is 5.73 Å². The molecule has 0 spiro atoms. The quantitative estimate of drug-likeness (QED) is 0.840. The van der Waals surface area contributed by atoms with Crippen molar-refractivity contribution in [3.63, 3.8) is 0 Å². The molecule has 0 saturated carbocycles. The summed E-state index contributed by atoms with van der Waals surface area (Å²) in [6, 6.07) is 9.56. The third-order valence-corrected chi connectivity index (χ3v) is 2.99. The Hall–Kier alpha value is -1.87. The zero-order chi connectivity index (χ0) is 13.1. The molecule has 1 aromatic carbocycles. The Balaban J connectivity index is 2.18. The highest BCUT2D eigenvalue weighted by molar-refractivity contribution is 5.95. The molecule has 0 unspecified atom stereocenters. The van der Waals surface area contributed by atoms with E-state index in [9.17, 15) is 4.79 Å². The Morgan fingerprint density at radius 2 is 2.00 bits per heavy atom. The van der Waals surface area contributed by atoms with Crippen LogP contribution in [0.15, 0.2) is 34.7 Å². The van der Waals surface area contributed by atoms with Crippen molar-refractivity contribution >= 4 is 5.78 Å². The first-order chi connectivity index (χ1) is 8.60. The van der Waals surface area contributed by atoms with Gasteiger partial charge in [-0.15, -0.1) is 0 Å². The van der Waals surface area contributed by atoms with Gasteiger partial charge in [-0.1, -0.05) is 23.8 Å². The lowest BCUT2D eigenvalue weighted by atomic mass is 10.0. The van der Waals surface area contributed by atoms with Crippen molar-refractivity contribution in [1.82, 2.24) is 0 Å². The van der Waals surface area contributed by atoms with Crippen molar-refractivity contribution in [1.29, 1.82) is 0 Å². The van der Waals surface area contributed by atoms with Crippen LogP contribution in [0.4, 0.5) is 0 Å². The van der Waals surface area contributed by atoms with Crippen LogP contribution in [0.5, 0.6) is 0 Å². The largest absolute Gasteiger partial charge is 0.457 e. The van der Waals surface area contributed by atoms with Gasteiger partial charge in [0.1, 0.15) is 5.76 Å². The molecule has 2 aromatic rings. The molecule has 0 aliphatic carbocycles. The summed E-state index contributed by atoms with van der Waals surface area (Å²) in [5, 5.41) is 0. The number of hydrogen-bond acceptors (Lipinski definition) is 3. The van der Waals surface area contributed by atoms with Crippen LogP contribution in [0, 0.1) is 13.8 Å². The number of nitrogens with two attached hydrogens (primary N) is 1. The van der Waals surface area contributed by atoms with E-state index in [0.29, 0.717) is 24.5 Å². The van der Waals surface area contributed by atoms with E-state index < -0.39 is 0 Å². The van der Waals surface area contributed by atoms with Gasteiger partial charge in [-0.2, -0.15) is 0 Å². The fraction of sp³-hybridized carbons (Fsp3) is 0.267. The molecule has 0 fully saturated rings. The molecule has 0 saturated heterocycles. The molecule has 0 aliphatic rings. The van der Waals surface area contributed by atoms with Gasteiger partial charge in [-0.05, 0) is 37.1 Å². The Kier molecular flexibility index (Phi) is 3.63. The number of Topliss-reactive ketones (excluding diaryl/α,β-unsaturated/α-hetero) is 1. The maximum Gasteiger partial charge on any atom is 0.202 e. The maximum atomic E-state index is 12.1. The SMILES string of the molecule is Cc1ccc(C)c(CC(=O)c2ccc(CN)o2)c1. The minimum absolute atomic E-state index is 0.0107. The van der Waals surface area contributed by atoms with Crippen LogP contribution in [-0.2, 0) is 13.0 Å². The number of benzene rings is 1. The lowest BCUT2D eigenvalue weighted by molar-refractivity contribution is 0.0964. The molecule has 2 rings (SSSR count). The molecule has 0 atom stereocenters. The highest BCUT2D eigenvalue weighted by Gasteiger charge is 2.13. The second-order valence-corrected chi connectivity index (χ2v) is 4.50. The number of carbonyl (C=O) groups is 1. The lowest BCUT2D eigenvalue weighted by Gasteiger charge is -2.05. The monoisotopic (exact) mass is 243 g/mol. The van der Waals surface area contributed by atoms with E-state index in [0.717, 1.165) is 16.7 Å². The van der Waals surface area contributed by atoms with Gasteiger partial charge in [0.25, 0.3) is 0 Å². The summed E-state index contributed by atoms with van der Waals surface area (Å²) < 4.78 is 5.36. The van der Waals surface area contributed by atoms with E-state index >= 15 is 0 Å². The summed E-state index contributed by atoms with van der Waals surface area (Å²) in [7, 11) is 0. The Morgan fingerprint density at radius 3 is 2.67 bits per heavy atom. The molecule has 0 radical (unpaired) electrons. The van der Waals surface area contributed by atoms with Gasteiger partial charge in [0.05, 0.1) is 6.54 Å². The molecule has 0 aliphatic heterocycles. The third-order valence-electron chi connectivity index (χ3n) is 2.99. The molecule has 3 nitrogen and oxygen atoms in total. The topological polar surface area (TPSA) is 56.2 Å². The molecule has 18 heavy (non-hydrogen) atoms. The molecular weight excluding hydrogens is 226 g/mol. The summed E-state index contributed by atoms with van der Waals surface area (Å²) in [6.07, 6.45) is 0.366.